The summed E-state index contributed by atoms with van der Waals surface area (Å²) >= 11 is 0. The molecule has 0 radical (unpaired) electrons. The molecule has 0 bridgehead atoms. The Bertz CT molecular complexity index is 724. The predicted molar refractivity (Wildman–Crippen MR) is 84.3 cm³/mol. The summed E-state index contributed by atoms with van der Waals surface area (Å²) < 4.78 is 10.7. The first-order valence-electron chi connectivity index (χ1n) is 7.26. The lowest BCUT2D eigenvalue weighted by atomic mass is 10.0. The first kappa shape index (κ1) is 14.4. The number of carbonyl (C=O) groups excluding carboxylic acids is 1. The fourth-order valence-corrected chi connectivity index (χ4v) is 2.64. The quantitative estimate of drug-likeness (QED) is 0.872. The van der Waals surface area contributed by atoms with Gasteiger partial charge < -0.3 is 14.4 Å². The number of rotatable bonds is 3. The maximum Gasteiger partial charge on any atom is 0.254 e. The molecular formula is C18H19NO3. The minimum absolute atomic E-state index is 0.0233. The Morgan fingerprint density at radius 2 is 1.86 bits per heavy atom. The van der Waals surface area contributed by atoms with E-state index in [1.165, 1.54) is 0 Å². The third-order valence-corrected chi connectivity index (χ3v) is 3.82. The smallest absolute Gasteiger partial charge is 0.254 e. The molecule has 4 heteroatoms. The lowest BCUT2D eigenvalue weighted by Gasteiger charge is -2.19. The van der Waals surface area contributed by atoms with E-state index in [0.717, 1.165) is 33.8 Å². The molecule has 0 N–H and O–H groups in total. The number of nitrogens with zero attached hydrogens (tertiary/aromatic N) is 1. The van der Waals surface area contributed by atoms with Gasteiger partial charge in [0, 0.05) is 19.2 Å². The zero-order chi connectivity index (χ0) is 15.7. The SMILES string of the molecule is Cc1ccc(C(=O)N(C)Cc2ccc3c(c2)OCO3)c(C)c1. The van der Waals surface area contributed by atoms with Gasteiger partial charge in [-0.05, 0) is 43.2 Å². The Hall–Kier alpha value is -2.49. The summed E-state index contributed by atoms with van der Waals surface area (Å²) in [6.07, 6.45) is 0. The van der Waals surface area contributed by atoms with Crippen molar-refractivity contribution in [2.75, 3.05) is 13.8 Å². The van der Waals surface area contributed by atoms with Crippen molar-refractivity contribution in [2.45, 2.75) is 20.4 Å². The van der Waals surface area contributed by atoms with E-state index in [2.05, 4.69) is 0 Å². The molecule has 0 atom stereocenters. The van der Waals surface area contributed by atoms with Gasteiger partial charge in [-0.2, -0.15) is 0 Å². The number of carbonyl (C=O) groups is 1. The van der Waals surface area contributed by atoms with Crippen LogP contribution in [0.25, 0.3) is 0 Å². The minimum atomic E-state index is 0.0233. The first-order valence-corrected chi connectivity index (χ1v) is 7.26. The van der Waals surface area contributed by atoms with Gasteiger partial charge in [0.25, 0.3) is 5.91 Å². The molecule has 1 aliphatic heterocycles. The van der Waals surface area contributed by atoms with E-state index in [1.54, 1.807) is 4.90 Å². The summed E-state index contributed by atoms with van der Waals surface area (Å²) in [5.41, 5.74) is 3.92. The number of fused-ring (bicyclic) bond motifs is 1. The standard InChI is InChI=1S/C18H19NO3/c1-12-4-6-15(13(2)8-12)18(20)19(3)10-14-5-7-16-17(9-14)22-11-21-16/h4-9H,10-11H2,1-3H3. The second-order valence-corrected chi connectivity index (χ2v) is 5.67. The third-order valence-electron chi connectivity index (χ3n) is 3.82. The Morgan fingerprint density at radius 3 is 2.64 bits per heavy atom. The number of aryl methyl sites for hydroxylation is 2. The normalized spacial score (nSPS) is 12.3. The second-order valence-electron chi connectivity index (χ2n) is 5.67. The van der Waals surface area contributed by atoms with Crippen molar-refractivity contribution < 1.29 is 14.3 Å². The van der Waals surface area contributed by atoms with Crippen molar-refractivity contribution in [2.24, 2.45) is 0 Å². The summed E-state index contributed by atoms with van der Waals surface area (Å²) in [6, 6.07) is 11.7. The van der Waals surface area contributed by atoms with E-state index in [9.17, 15) is 4.79 Å². The van der Waals surface area contributed by atoms with E-state index in [0.29, 0.717) is 6.54 Å². The van der Waals surface area contributed by atoms with Crippen LogP contribution >= 0.6 is 0 Å². The molecule has 1 amide bonds. The van der Waals surface area contributed by atoms with Gasteiger partial charge in [0.15, 0.2) is 11.5 Å². The molecule has 0 saturated carbocycles. The average Bonchev–Trinajstić information content (AvgIpc) is 2.94. The highest BCUT2D eigenvalue weighted by atomic mass is 16.7. The summed E-state index contributed by atoms with van der Waals surface area (Å²) in [4.78, 5) is 14.3. The summed E-state index contributed by atoms with van der Waals surface area (Å²) in [7, 11) is 1.81. The van der Waals surface area contributed by atoms with Gasteiger partial charge in [-0.15, -0.1) is 0 Å². The molecular weight excluding hydrogens is 278 g/mol. The molecule has 0 aliphatic carbocycles. The molecule has 22 heavy (non-hydrogen) atoms. The Kier molecular flexibility index (Phi) is 3.75. The third kappa shape index (κ3) is 2.77. The van der Waals surface area contributed by atoms with Crippen molar-refractivity contribution in [3.05, 3.63) is 58.7 Å². The van der Waals surface area contributed by atoms with E-state index in [4.69, 9.17) is 9.47 Å². The molecule has 0 fully saturated rings. The average molecular weight is 297 g/mol. The molecule has 2 aromatic rings. The highest BCUT2D eigenvalue weighted by molar-refractivity contribution is 5.95. The van der Waals surface area contributed by atoms with Crippen LogP contribution < -0.4 is 9.47 Å². The van der Waals surface area contributed by atoms with Crippen molar-refractivity contribution in [3.63, 3.8) is 0 Å². The zero-order valence-corrected chi connectivity index (χ0v) is 13.1. The molecule has 114 valence electrons. The topological polar surface area (TPSA) is 38.8 Å². The monoisotopic (exact) mass is 297 g/mol. The van der Waals surface area contributed by atoms with Crippen molar-refractivity contribution in [3.8, 4) is 11.5 Å². The highest BCUT2D eigenvalue weighted by Crippen LogP contribution is 2.32. The van der Waals surface area contributed by atoms with E-state index < -0.39 is 0 Å². The maximum absolute atomic E-state index is 12.6. The largest absolute Gasteiger partial charge is 0.454 e. The Morgan fingerprint density at radius 1 is 1.09 bits per heavy atom. The number of benzene rings is 2. The van der Waals surface area contributed by atoms with Gasteiger partial charge in [0.05, 0.1) is 0 Å². The van der Waals surface area contributed by atoms with Crippen molar-refractivity contribution in [1.82, 2.24) is 4.90 Å². The van der Waals surface area contributed by atoms with Gasteiger partial charge >= 0.3 is 0 Å². The molecule has 0 spiro atoms. The van der Waals surface area contributed by atoms with Crippen LogP contribution in [0.2, 0.25) is 0 Å². The van der Waals surface area contributed by atoms with E-state index in [-0.39, 0.29) is 12.7 Å². The molecule has 3 rings (SSSR count). The Labute approximate surface area is 130 Å². The van der Waals surface area contributed by atoms with Gasteiger partial charge in [0.2, 0.25) is 6.79 Å². The van der Waals surface area contributed by atoms with Crippen LogP contribution in [0.1, 0.15) is 27.0 Å². The molecule has 0 saturated heterocycles. The van der Waals surface area contributed by atoms with Crippen LogP contribution in [0, 0.1) is 13.8 Å². The number of ether oxygens (including phenoxy) is 2. The first-order chi connectivity index (χ1) is 10.5. The maximum atomic E-state index is 12.6. The zero-order valence-electron chi connectivity index (χ0n) is 13.1. The molecule has 0 unspecified atom stereocenters. The predicted octanol–water partition coefficient (Wildman–Crippen LogP) is 3.30. The molecule has 1 heterocycles. The summed E-state index contributed by atoms with van der Waals surface area (Å²) in [5.74, 6) is 1.52. The number of amides is 1. The molecule has 2 aromatic carbocycles. The number of hydrogen-bond acceptors (Lipinski definition) is 3. The van der Waals surface area contributed by atoms with Crippen LogP contribution in [0.3, 0.4) is 0 Å². The highest BCUT2D eigenvalue weighted by Gasteiger charge is 2.17. The van der Waals surface area contributed by atoms with Gasteiger partial charge in [-0.1, -0.05) is 23.8 Å². The summed E-state index contributed by atoms with van der Waals surface area (Å²) in [6.45, 7) is 4.78. The molecule has 4 nitrogen and oxygen atoms in total. The van der Waals surface area contributed by atoms with E-state index in [1.807, 2.05) is 57.3 Å². The van der Waals surface area contributed by atoms with Gasteiger partial charge in [0.1, 0.15) is 0 Å². The van der Waals surface area contributed by atoms with Crippen LogP contribution in [0.5, 0.6) is 11.5 Å². The lowest BCUT2D eigenvalue weighted by Crippen LogP contribution is -2.26. The van der Waals surface area contributed by atoms with Crippen LogP contribution in [-0.4, -0.2) is 24.6 Å². The molecule has 1 aliphatic rings. The van der Waals surface area contributed by atoms with Crippen molar-refractivity contribution >= 4 is 5.91 Å². The van der Waals surface area contributed by atoms with Crippen molar-refractivity contribution in [1.29, 1.82) is 0 Å². The Balaban J connectivity index is 1.76. The van der Waals surface area contributed by atoms with Crippen LogP contribution in [-0.2, 0) is 6.54 Å². The van der Waals surface area contributed by atoms with Gasteiger partial charge in [-0.3, -0.25) is 4.79 Å². The van der Waals surface area contributed by atoms with Gasteiger partial charge in [-0.25, -0.2) is 0 Å². The fraction of sp³-hybridized carbons (Fsp3) is 0.278. The molecule has 0 aromatic heterocycles. The fourth-order valence-electron chi connectivity index (χ4n) is 2.64. The lowest BCUT2D eigenvalue weighted by molar-refractivity contribution is 0.0784. The van der Waals surface area contributed by atoms with Crippen LogP contribution in [0.15, 0.2) is 36.4 Å². The summed E-state index contributed by atoms with van der Waals surface area (Å²) in [5, 5.41) is 0. The minimum Gasteiger partial charge on any atom is -0.454 e. The second kappa shape index (κ2) is 5.72. The van der Waals surface area contributed by atoms with Crippen LogP contribution in [0.4, 0.5) is 0 Å². The van der Waals surface area contributed by atoms with E-state index >= 15 is 0 Å². The number of hydrogen-bond donors (Lipinski definition) is 0.